The number of nitrogens with one attached hydrogen (secondary N) is 1. The second kappa shape index (κ2) is 13.8. The number of rotatable bonds is 14. The van der Waals surface area contributed by atoms with Crippen molar-refractivity contribution in [1.82, 2.24) is 5.32 Å². The van der Waals surface area contributed by atoms with Gasteiger partial charge in [0.25, 0.3) is 6.47 Å². The lowest BCUT2D eigenvalue weighted by Gasteiger charge is -2.47. The van der Waals surface area contributed by atoms with Gasteiger partial charge in [0.2, 0.25) is 0 Å². The van der Waals surface area contributed by atoms with E-state index in [4.69, 9.17) is 28.4 Å². The third kappa shape index (κ3) is 8.82. The minimum atomic E-state index is -2.08. The van der Waals surface area contributed by atoms with Gasteiger partial charge < -0.3 is 54.2 Å². The quantitative estimate of drug-likeness (QED) is 0.109. The van der Waals surface area contributed by atoms with Crippen LogP contribution in [0.5, 0.6) is 0 Å². The van der Waals surface area contributed by atoms with Gasteiger partial charge in [-0.1, -0.05) is 0 Å². The zero-order valence-corrected chi connectivity index (χ0v) is 17.8. The molecule has 13 heteroatoms. The van der Waals surface area contributed by atoms with Crippen LogP contribution >= 0.6 is 0 Å². The Morgan fingerprint density at radius 2 is 1.94 bits per heavy atom. The molecule has 0 aromatic carbocycles. The van der Waals surface area contributed by atoms with Gasteiger partial charge in [0, 0.05) is 7.11 Å². The molecule has 0 aromatic heterocycles. The van der Waals surface area contributed by atoms with Crippen LogP contribution in [0.2, 0.25) is 0 Å². The lowest BCUT2D eigenvalue weighted by Crippen LogP contribution is -2.67. The van der Waals surface area contributed by atoms with Crippen LogP contribution in [0.3, 0.4) is 0 Å². The third-order valence-corrected chi connectivity index (χ3v) is 4.28. The molecule has 1 saturated heterocycles. The highest BCUT2D eigenvalue weighted by atomic mass is 16.9. The van der Waals surface area contributed by atoms with Gasteiger partial charge >= 0.3 is 12.1 Å². The molecule has 0 bridgehead atoms. The largest absolute Gasteiger partial charge is 0.447 e. The lowest BCUT2D eigenvalue weighted by atomic mass is 9.91. The van der Waals surface area contributed by atoms with Crippen LogP contribution in [0.4, 0.5) is 4.79 Å². The van der Waals surface area contributed by atoms with Crippen LogP contribution in [0.25, 0.3) is 0 Å². The first-order valence-corrected chi connectivity index (χ1v) is 9.81. The van der Waals surface area contributed by atoms with E-state index in [2.05, 4.69) is 5.32 Å². The van der Waals surface area contributed by atoms with Gasteiger partial charge in [-0.2, -0.15) is 0 Å². The highest BCUT2D eigenvalue weighted by Crippen LogP contribution is 2.34. The highest BCUT2D eigenvalue weighted by Gasteiger charge is 2.54. The van der Waals surface area contributed by atoms with Gasteiger partial charge in [-0.05, 0) is 13.8 Å². The lowest BCUT2D eigenvalue weighted by molar-refractivity contribution is -0.417. The molecule has 1 rings (SSSR count). The van der Waals surface area contributed by atoms with Crippen LogP contribution in [-0.2, 0) is 33.2 Å². The normalized spacial score (nSPS) is 28.1. The molecular formula is C18H33NO12. The van der Waals surface area contributed by atoms with Crippen LogP contribution in [0, 0.1) is 0 Å². The number of hydrogen-bond donors (Lipinski definition) is 5. The highest BCUT2D eigenvalue weighted by molar-refractivity contribution is 5.67. The maximum Gasteiger partial charge on any atom is 0.407 e. The Balaban J connectivity index is 2.88. The summed E-state index contributed by atoms with van der Waals surface area (Å²) < 4.78 is 30.9. The molecule has 6 unspecified atom stereocenters. The summed E-state index contributed by atoms with van der Waals surface area (Å²) in [5.74, 6) is -2.08. The van der Waals surface area contributed by atoms with E-state index in [0.717, 1.165) is 0 Å². The number of methoxy groups -OCH3 is 1. The van der Waals surface area contributed by atoms with Gasteiger partial charge in [-0.3, -0.25) is 4.79 Å². The van der Waals surface area contributed by atoms with E-state index < -0.39 is 61.7 Å². The van der Waals surface area contributed by atoms with Crippen molar-refractivity contribution in [1.29, 1.82) is 0 Å². The predicted octanol–water partition coefficient (Wildman–Crippen LogP) is -2.14. The fourth-order valence-corrected chi connectivity index (χ4v) is 2.95. The summed E-state index contributed by atoms with van der Waals surface area (Å²) in [7, 11) is 1.52. The van der Waals surface area contributed by atoms with Crippen molar-refractivity contribution in [3.05, 3.63) is 0 Å². The van der Waals surface area contributed by atoms with Crippen molar-refractivity contribution in [3.8, 4) is 0 Å². The topological polar surface area (TPSA) is 182 Å². The standard InChI is InChI=1S/C18H33NO12/c1-11(2)30-18(29-10-21)8-12(22)14(16(31-18)15(24)13(23)9-20)19-17(25)28-7-6-27-5-4-26-3/h10-16,20,22-24H,4-9H2,1-3H3,(H,19,25). The number of carbonyl (C=O) groups excluding carboxylic acids is 2. The maximum atomic E-state index is 12.1. The number of aliphatic hydroxyl groups excluding tert-OH is 4. The Labute approximate surface area is 180 Å². The van der Waals surface area contributed by atoms with Gasteiger partial charge in [-0.25, -0.2) is 4.79 Å². The third-order valence-electron chi connectivity index (χ3n) is 4.28. The SMILES string of the molecule is COCCOCCOC(=O)NC1C(O)CC(OC=O)(OC(C)C)OC1C(O)C(O)CO. The van der Waals surface area contributed by atoms with Gasteiger partial charge in [0.15, 0.2) is 0 Å². The predicted molar refractivity (Wildman–Crippen MR) is 102 cm³/mol. The average Bonchev–Trinajstić information content (AvgIpc) is 2.71. The Morgan fingerprint density at radius 3 is 2.52 bits per heavy atom. The molecular weight excluding hydrogens is 422 g/mol. The van der Waals surface area contributed by atoms with E-state index in [0.29, 0.717) is 13.2 Å². The van der Waals surface area contributed by atoms with E-state index in [1.165, 1.54) is 7.11 Å². The first-order valence-electron chi connectivity index (χ1n) is 9.81. The second-order valence-electron chi connectivity index (χ2n) is 7.07. The van der Waals surface area contributed by atoms with E-state index >= 15 is 0 Å². The van der Waals surface area contributed by atoms with Gasteiger partial charge in [0.05, 0.1) is 51.1 Å². The molecule has 182 valence electrons. The Hall–Kier alpha value is -1.58. The molecule has 5 N–H and O–H groups in total. The van der Waals surface area contributed by atoms with E-state index in [9.17, 15) is 30.0 Å². The maximum absolute atomic E-state index is 12.1. The van der Waals surface area contributed by atoms with Crippen LogP contribution in [0.1, 0.15) is 20.3 Å². The van der Waals surface area contributed by atoms with E-state index in [1.54, 1.807) is 13.8 Å². The molecule has 1 heterocycles. The van der Waals surface area contributed by atoms with E-state index in [1.807, 2.05) is 0 Å². The molecule has 0 spiro atoms. The van der Waals surface area contributed by atoms with Crippen LogP contribution < -0.4 is 5.32 Å². The zero-order chi connectivity index (χ0) is 23.4. The summed E-state index contributed by atoms with van der Waals surface area (Å²) in [5, 5.41) is 42.4. The minimum Gasteiger partial charge on any atom is -0.447 e. The average molecular weight is 455 g/mol. The number of hydrogen-bond acceptors (Lipinski definition) is 12. The first-order chi connectivity index (χ1) is 14.7. The molecule has 1 aliphatic rings. The second-order valence-corrected chi connectivity index (χ2v) is 7.07. The fraction of sp³-hybridized carbons (Fsp3) is 0.889. The molecule has 1 amide bonds. The van der Waals surface area contributed by atoms with Gasteiger partial charge in [-0.15, -0.1) is 0 Å². The molecule has 6 atom stereocenters. The molecule has 0 aromatic rings. The zero-order valence-electron chi connectivity index (χ0n) is 17.8. The van der Waals surface area contributed by atoms with Crippen molar-refractivity contribution in [3.63, 3.8) is 0 Å². The summed E-state index contributed by atoms with van der Waals surface area (Å²) >= 11 is 0. The van der Waals surface area contributed by atoms with Crippen molar-refractivity contribution >= 4 is 12.6 Å². The fourth-order valence-electron chi connectivity index (χ4n) is 2.95. The Bertz CT molecular complexity index is 536. The molecule has 13 nitrogen and oxygen atoms in total. The minimum absolute atomic E-state index is 0.0482. The Kier molecular flexibility index (Phi) is 12.2. The summed E-state index contributed by atoms with van der Waals surface area (Å²) in [6.07, 6.45) is -8.31. The van der Waals surface area contributed by atoms with E-state index in [-0.39, 0.29) is 19.7 Å². The smallest absolute Gasteiger partial charge is 0.407 e. The number of ether oxygens (including phenoxy) is 6. The molecule has 31 heavy (non-hydrogen) atoms. The molecule has 0 radical (unpaired) electrons. The molecule has 0 aliphatic carbocycles. The molecule has 1 fully saturated rings. The Morgan fingerprint density at radius 1 is 1.26 bits per heavy atom. The number of carbonyl (C=O) groups is 2. The summed E-state index contributed by atoms with van der Waals surface area (Å²) in [4.78, 5) is 23.1. The van der Waals surface area contributed by atoms with Crippen LogP contribution in [-0.4, -0.2) is 116 Å². The summed E-state index contributed by atoms with van der Waals surface area (Å²) in [6.45, 7) is 3.17. The van der Waals surface area contributed by atoms with Crippen molar-refractivity contribution in [2.75, 3.05) is 40.1 Å². The first kappa shape index (κ1) is 27.5. The molecule has 0 saturated carbocycles. The number of alkyl carbamates (subject to hydrolysis) is 1. The molecule has 1 aliphatic heterocycles. The number of amides is 1. The summed E-state index contributed by atoms with van der Waals surface area (Å²) in [6, 6.07) is -1.29. The van der Waals surface area contributed by atoms with Crippen molar-refractivity contribution < 1.29 is 58.4 Å². The van der Waals surface area contributed by atoms with Crippen molar-refractivity contribution in [2.24, 2.45) is 0 Å². The van der Waals surface area contributed by atoms with Gasteiger partial charge in [0.1, 0.15) is 24.9 Å². The summed E-state index contributed by atoms with van der Waals surface area (Å²) in [5.41, 5.74) is 0. The van der Waals surface area contributed by atoms with Crippen molar-refractivity contribution in [2.45, 2.75) is 62.8 Å². The van der Waals surface area contributed by atoms with Crippen LogP contribution in [0.15, 0.2) is 0 Å². The monoisotopic (exact) mass is 455 g/mol. The number of aliphatic hydroxyl groups is 4.